The van der Waals surface area contributed by atoms with E-state index in [1.807, 2.05) is 0 Å². The van der Waals surface area contributed by atoms with Gasteiger partial charge in [-0.05, 0) is 49.8 Å². The molecule has 2 fully saturated rings. The number of methoxy groups -OCH3 is 1. The van der Waals surface area contributed by atoms with E-state index in [4.69, 9.17) is 21.1 Å². The fourth-order valence-electron chi connectivity index (χ4n) is 4.37. The van der Waals surface area contributed by atoms with Crippen molar-refractivity contribution in [1.29, 1.82) is 0 Å². The number of benzene rings is 1. The molecule has 1 aromatic carbocycles. The number of piperidine rings is 1. The lowest BCUT2D eigenvalue weighted by molar-refractivity contribution is 0.0595. The highest BCUT2D eigenvalue weighted by Gasteiger charge is 2.33. The number of rotatable bonds is 7. The molecule has 2 saturated heterocycles. The summed E-state index contributed by atoms with van der Waals surface area (Å²) >= 11 is 6.34. The average molecular weight is 515 g/mol. The summed E-state index contributed by atoms with van der Waals surface area (Å²) in [4.78, 5) is 12.7. The minimum Gasteiger partial charge on any atom is -0.495 e. The molecule has 34 heavy (non-hydrogen) atoms. The molecular formula is C22H28ClFN4O5S. The highest BCUT2D eigenvalue weighted by Crippen LogP contribution is 2.31. The van der Waals surface area contributed by atoms with E-state index in [-0.39, 0.29) is 34.8 Å². The Bertz CT molecular complexity index is 1180. The minimum absolute atomic E-state index is 0.0614. The van der Waals surface area contributed by atoms with Crippen LogP contribution in [-0.4, -0.2) is 62.5 Å². The van der Waals surface area contributed by atoms with Crippen LogP contribution in [0.1, 0.15) is 31.7 Å². The Labute approximate surface area is 202 Å². The molecule has 1 aromatic heterocycles. The van der Waals surface area contributed by atoms with Gasteiger partial charge in [0.15, 0.2) is 0 Å². The molecule has 0 amide bonds. The molecule has 1 N–H and O–H groups in total. The lowest BCUT2D eigenvalue weighted by atomic mass is 10.0. The summed E-state index contributed by atoms with van der Waals surface area (Å²) in [5.74, 6) is -0.226. The highest BCUT2D eigenvalue weighted by atomic mass is 35.5. The first kappa shape index (κ1) is 24.9. The smallest absolute Gasteiger partial charge is 0.287 e. The monoisotopic (exact) mass is 514 g/mol. The lowest BCUT2D eigenvalue weighted by Gasteiger charge is -2.32. The number of hydrogen-bond donors (Lipinski definition) is 1. The predicted octanol–water partition coefficient (Wildman–Crippen LogP) is 2.91. The predicted molar refractivity (Wildman–Crippen MR) is 126 cm³/mol. The van der Waals surface area contributed by atoms with Gasteiger partial charge in [0.05, 0.1) is 31.6 Å². The van der Waals surface area contributed by atoms with Crippen molar-refractivity contribution in [2.75, 3.05) is 45.3 Å². The average Bonchev–Trinajstić information content (AvgIpc) is 2.85. The SMILES string of the molecule is COc1ccc(F)cc1S(=O)(=O)N1CCC(n2ncc(NC[C@H]3CCCOC3)c(Cl)c2=O)CC1. The van der Waals surface area contributed by atoms with Gasteiger partial charge in [-0.25, -0.2) is 17.5 Å². The number of halogens is 2. The van der Waals surface area contributed by atoms with Crippen molar-refractivity contribution in [3.8, 4) is 5.75 Å². The van der Waals surface area contributed by atoms with Crippen LogP contribution in [0, 0.1) is 11.7 Å². The fraction of sp³-hybridized carbons (Fsp3) is 0.545. The molecule has 9 nitrogen and oxygen atoms in total. The Morgan fingerprint density at radius 2 is 2.06 bits per heavy atom. The maximum atomic E-state index is 13.7. The third kappa shape index (κ3) is 5.22. The molecular weight excluding hydrogens is 487 g/mol. The van der Waals surface area contributed by atoms with E-state index in [2.05, 4.69) is 10.4 Å². The first-order chi connectivity index (χ1) is 16.3. The summed E-state index contributed by atoms with van der Waals surface area (Å²) in [5, 5.41) is 7.56. The van der Waals surface area contributed by atoms with Gasteiger partial charge >= 0.3 is 0 Å². The molecule has 186 valence electrons. The van der Waals surface area contributed by atoms with Crippen molar-refractivity contribution in [2.24, 2.45) is 5.92 Å². The zero-order valence-electron chi connectivity index (χ0n) is 18.9. The first-order valence-corrected chi connectivity index (χ1v) is 13.1. The minimum atomic E-state index is -3.96. The Hall–Kier alpha value is -2.21. The van der Waals surface area contributed by atoms with Crippen molar-refractivity contribution < 1.29 is 22.3 Å². The topological polar surface area (TPSA) is 103 Å². The van der Waals surface area contributed by atoms with Gasteiger partial charge in [0.25, 0.3) is 5.56 Å². The lowest BCUT2D eigenvalue weighted by Crippen LogP contribution is -2.41. The van der Waals surface area contributed by atoms with Crippen LogP contribution < -0.4 is 15.6 Å². The first-order valence-electron chi connectivity index (χ1n) is 11.2. The molecule has 0 aliphatic carbocycles. The van der Waals surface area contributed by atoms with Crippen LogP contribution in [0.15, 0.2) is 34.1 Å². The standard InChI is InChI=1S/C22H28ClFN4O5S/c1-32-19-5-4-16(24)11-20(19)34(30,31)27-8-6-17(7-9-27)28-22(29)21(23)18(13-26-28)25-12-15-3-2-10-33-14-15/h4-5,11,13,15,17,25H,2-3,6-10,12,14H2,1H3/t15-/m1/s1. The zero-order valence-corrected chi connectivity index (χ0v) is 20.4. The fourth-order valence-corrected chi connectivity index (χ4v) is 6.21. The van der Waals surface area contributed by atoms with Crippen LogP contribution >= 0.6 is 11.6 Å². The third-order valence-corrected chi connectivity index (χ3v) is 8.58. The number of nitrogens with one attached hydrogen (secondary N) is 1. The van der Waals surface area contributed by atoms with Gasteiger partial charge < -0.3 is 14.8 Å². The van der Waals surface area contributed by atoms with Crippen LogP contribution in [-0.2, 0) is 14.8 Å². The van der Waals surface area contributed by atoms with Crippen molar-refractivity contribution >= 4 is 27.3 Å². The van der Waals surface area contributed by atoms with Crippen LogP contribution in [0.25, 0.3) is 0 Å². The normalized spacial score (nSPS) is 20.3. The van der Waals surface area contributed by atoms with E-state index in [9.17, 15) is 17.6 Å². The Morgan fingerprint density at radius 3 is 2.74 bits per heavy atom. The molecule has 0 radical (unpaired) electrons. The number of ether oxygens (including phenoxy) is 2. The van der Waals surface area contributed by atoms with Gasteiger partial charge in [-0.3, -0.25) is 4.79 Å². The second kappa shape index (κ2) is 10.6. The Balaban J connectivity index is 1.43. The van der Waals surface area contributed by atoms with Crippen molar-refractivity contribution in [3.05, 3.63) is 45.6 Å². The zero-order chi connectivity index (χ0) is 24.3. The van der Waals surface area contributed by atoms with Crippen molar-refractivity contribution in [3.63, 3.8) is 0 Å². The molecule has 1 atom stereocenters. The van der Waals surface area contributed by atoms with Gasteiger partial charge in [-0.1, -0.05) is 11.6 Å². The van der Waals surface area contributed by atoms with Gasteiger partial charge in [0.2, 0.25) is 10.0 Å². The van der Waals surface area contributed by atoms with E-state index >= 15 is 0 Å². The molecule has 2 aromatic rings. The van der Waals surface area contributed by atoms with E-state index in [1.54, 1.807) is 0 Å². The summed E-state index contributed by atoms with van der Waals surface area (Å²) in [6, 6.07) is 3.09. The van der Waals surface area contributed by atoms with Crippen LogP contribution in [0.3, 0.4) is 0 Å². The van der Waals surface area contributed by atoms with E-state index < -0.39 is 21.4 Å². The second-order valence-electron chi connectivity index (χ2n) is 8.52. The number of anilines is 1. The quantitative estimate of drug-likeness (QED) is 0.606. The summed E-state index contributed by atoms with van der Waals surface area (Å²) < 4.78 is 53.1. The van der Waals surface area contributed by atoms with Crippen LogP contribution in [0.5, 0.6) is 5.75 Å². The van der Waals surface area contributed by atoms with Gasteiger partial charge in [0, 0.05) is 26.2 Å². The van der Waals surface area contributed by atoms with Gasteiger partial charge in [-0.2, -0.15) is 9.40 Å². The third-order valence-electron chi connectivity index (χ3n) is 6.29. The number of nitrogens with zero attached hydrogens (tertiary/aromatic N) is 3. The van der Waals surface area contributed by atoms with E-state index in [0.29, 0.717) is 37.6 Å². The molecule has 2 aliphatic heterocycles. The molecule has 0 bridgehead atoms. The van der Waals surface area contributed by atoms with Crippen LogP contribution in [0.2, 0.25) is 5.02 Å². The number of sulfonamides is 1. The van der Waals surface area contributed by atoms with Gasteiger partial charge in [0.1, 0.15) is 21.5 Å². The second-order valence-corrected chi connectivity index (χ2v) is 10.8. The maximum absolute atomic E-state index is 13.7. The van der Waals surface area contributed by atoms with E-state index in [0.717, 1.165) is 31.6 Å². The molecule has 0 saturated carbocycles. The molecule has 12 heteroatoms. The molecule has 0 spiro atoms. The van der Waals surface area contributed by atoms with Crippen molar-refractivity contribution in [2.45, 2.75) is 36.6 Å². The Kier molecular flexibility index (Phi) is 7.76. The summed E-state index contributed by atoms with van der Waals surface area (Å²) in [6.07, 6.45) is 4.34. The Morgan fingerprint density at radius 1 is 1.29 bits per heavy atom. The number of hydrogen-bond acceptors (Lipinski definition) is 7. The number of aromatic nitrogens is 2. The van der Waals surface area contributed by atoms with E-state index in [1.165, 1.54) is 28.4 Å². The molecule has 4 rings (SSSR count). The van der Waals surface area contributed by atoms with Gasteiger partial charge in [-0.15, -0.1) is 0 Å². The maximum Gasteiger partial charge on any atom is 0.287 e. The highest BCUT2D eigenvalue weighted by molar-refractivity contribution is 7.89. The summed E-state index contributed by atoms with van der Waals surface area (Å²) in [6.45, 7) is 2.41. The van der Waals surface area contributed by atoms with Crippen molar-refractivity contribution in [1.82, 2.24) is 14.1 Å². The van der Waals surface area contributed by atoms with Crippen LogP contribution in [0.4, 0.5) is 10.1 Å². The summed E-state index contributed by atoms with van der Waals surface area (Å²) in [7, 11) is -2.63. The summed E-state index contributed by atoms with van der Waals surface area (Å²) in [5.41, 5.74) is 0.0615. The molecule has 2 aliphatic rings. The molecule has 3 heterocycles. The molecule has 0 unspecified atom stereocenters. The largest absolute Gasteiger partial charge is 0.495 e.